The zero-order chi connectivity index (χ0) is 12.3. The van der Waals surface area contributed by atoms with E-state index in [9.17, 15) is 9.18 Å². The van der Waals surface area contributed by atoms with E-state index in [1.54, 1.807) is 24.3 Å². The maximum atomic E-state index is 14.5. The van der Waals surface area contributed by atoms with Crippen LogP contribution < -0.4 is 0 Å². The minimum Gasteiger partial charge on any atom is -0.478 e. The minimum atomic E-state index is -1.20. The second-order valence-corrected chi connectivity index (χ2v) is 4.85. The third-order valence-corrected chi connectivity index (χ3v) is 3.50. The number of carboxylic acids is 1. The average molecular weight is 236 g/mol. The number of halogens is 1. The number of aromatic carboxylic acids is 1. The van der Waals surface area contributed by atoms with Crippen molar-refractivity contribution in [3.8, 4) is 0 Å². The molecule has 0 bridgehead atoms. The first-order chi connectivity index (χ1) is 8.11. The fraction of sp³-hybridized carbons (Fsp3) is 0.500. The molecule has 0 amide bonds. The smallest absolute Gasteiger partial charge is 0.335 e. The van der Waals surface area contributed by atoms with Crippen molar-refractivity contribution in [2.75, 3.05) is 0 Å². The molecule has 17 heavy (non-hydrogen) atoms. The molecule has 1 aliphatic carbocycles. The van der Waals surface area contributed by atoms with E-state index in [4.69, 9.17) is 5.11 Å². The maximum absolute atomic E-state index is 14.5. The van der Waals surface area contributed by atoms with Gasteiger partial charge in [-0.2, -0.15) is 0 Å². The van der Waals surface area contributed by atoms with Gasteiger partial charge in [-0.3, -0.25) is 0 Å². The molecule has 1 N–H and O–H groups in total. The summed E-state index contributed by atoms with van der Waals surface area (Å²) in [5, 5.41) is 9.06. The monoisotopic (exact) mass is 236 g/mol. The van der Waals surface area contributed by atoms with Crippen molar-refractivity contribution < 1.29 is 14.3 Å². The number of rotatable bonds is 3. The molecule has 0 spiro atoms. The fourth-order valence-corrected chi connectivity index (χ4v) is 2.59. The van der Waals surface area contributed by atoms with Crippen LogP contribution in [0.1, 0.15) is 48.0 Å². The largest absolute Gasteiger partial charge is 0.478 e. The molecule has 0 unspecified atom stereocenters. The van der Waals surface area contributed by atoms with Crippen LogP contribution in [0.4, 0.5) is 4.39 Å². The van der Waals surface area contributed by atoms with Gasteiger partial charge in [-0.05, 0) is 24.5 Å². The number of alkyl halides is 1. The summed E-state index contributed by atoms with van der Waals surface area (Å²) >= 11 is 0. The summed E-state index contributed by atoms with van der Waals surface area (Å²) in [6.07, 6.45) is 4.25. The van der Waals surface area contributed by atoms with Crippen LogP contribution in [0.3, 0.4) is 0 Å². The quantitative estimate of drug-likeness (QED) is 0.870. The van der Waals surface area contributed by atoms with E-state index in [0.29, 0.717) is 18.4 Å². The van der Waals surface area contributed by atoms with Gasteiger partial charge in [0.2, 0.25) is 0 Å². The van der Waals surface area contributed by atoms with Gasteiger partial charge < -0.3 is 5.11 Å². The van der Waals surface area contributed by atoms with Crippen molar-refractivity contribution in [2.24, 2.45) is 0 Å². The zero-order valence-corrected chi connectivity index (χ0v) is 9.79. The van der Waals surface area contributed by atoms with Gasteiger partial charge in [0.25, 0.3) is 0 Å². The van der Waals surface area contributed by atoms with Crippen LogP contribution in [-0.4, -0.2) is 16.7 Å². The Balaban J connectivity index is 2.20. The van der Waals surface area contributed by atoms with E-state index in [-0.39, 0.29) is 12.0 Å². The van der Waals surface area contributed by atoms with Gasteiger partial charge in [-0.1, -0.05) is 37.5 Å². The second-order valence-electron chi connectivity index (χ2n) is 4.85. The summed E-state index contributed by atoms with van der Waals surface area (Å²) in [5.41, 5.74) is -0.358. The summed E-state index contributed by atoms with van der Waals surface area (Å²) < 4.78 is 14.5. The molecule has 3 heteroatoms. The Hall–Kier alpha value is -1.38. The van der Waals surface area contributed by atoms with Crippen LogP contribution in [0, 0.1) is 0 Å². The first-order valence-electron chi connectivity index (χ1n) is 6.11. The average Bonchev–Trinajstić information content (AvgIpc) is 2.29. The van der Waals surface area contributed by atoms with Crippen LogP contribution in [0.2, 0.25) is 0 Å². The van der Waals surface area contributed by atoms with Gasteiger partial charge in [0.1, 0.15) is 5.67 Å². The van der Waals surface area contributed by atoms with E-state index in [1.165, 1.54) is 0 Å². The predicted molar refractivity (Wildman–Crippen MR) is 64.0 cm³/mol. The van der Waals surface area contributed by atoms with Crippen LogP contribution in [0.15, 0.2) is 24.3 Å². The highest BCUT2D eigenvalue weighted by atomic mass is 19.1. The standard InChI is InChI=1S/C14H17FO2/c15-14(8-4-1-5-9-14)10-11-6-2-3-7-12(11)13(16)17/h2-3,6-7H,1,4-5,8-10H2,(H,16,17). The SMILES string of the molecule is O=C(O)c1ccccc1CC1(F)CCCCC1. The lowest BCUT2D eigenvalue weighted by Gasteiger charge is -2.29. The Labute approximate surface area is 100 Å². The highest BCUT2D eigenvalue weighted by Crippen LogP contribution is 2.35. The molecule has 2 nitrogen and oxygen atoms in total. The lowest BCUT2D eigenvalue weighted by molar-refractivity contribution is 0.0692. The first kappa shape index (κ1) is 12.1. The van der Waals surface area contributed by atoms with Gasteiger partial charge in [-0.15, -0.1) is 0 Å². The van der Waals surface area contributed by atoms with Gasteiger partial charge in [-0.25, -0.2) is 9.18 Å². The molecule has 0 aromatic heterocycles. The molecule has 0 aliphatic heterocycles. The van der Waals surface area contributed by atoms with E-state index in [1.807, 2.05) is 0 Å². The second kappa shape index (κ2) is 4.86. The van der Waals surface area contributed by atoms with E-state index in [2.05, 4.69) is 0 Å². The summed E-state index contributed by atoms with van der Waals surface area (Å²) in [4.78, 5) is 11.0. The number of carbonyl (C=O) groups is 1. The first-order valence-corrected chi connectivity index (χ1v) is 6.11. The normalized spacial score (nSPS) is 18.9. The third kappa shape index (κ3) is 2.84. The fourth-order valence-electron chi connectivity index (χ4n) is 2.59. The Morgan fingerprint density at radius 3 is 2.53 bits per heavy atom. The zero-order valence-electron chi connectivity index (χ0n) is 9.79. The van der Waals surface area contributed by atoms with Crippen molar-refractivity contribution in [2.45, 2.75) is 44.2 Å². The molecule has 92 valence electrons. The summed E-state index contributed by atoms with van der Waals surface area (Å²) in [5.74, 6) is -0.972. The predicted octanol–water partition coefficient (Wildman–Crippen LogP) is 3.60. The summed E-state index contributed by atoms with van der Waals surface area (Å²) in [6.45, 7) is 0. The lowest BCUT2D eigenvalue weighted by Crippen LogP contribution is -2.29. The Kier molecular flexibility index (Phi) is 3.46. The number of benzene rings is 1. The Morgan fingerprint density at radius 2 is 1.88 bits per heavy atom. The van der Waals surface area contributed by atoms with Gasteiger partial charge in [0.15, 0.2) is 0 Å². The summed E-state index contributed by atoms with van der Waals surface area (Å²) in [7, 11) is 0. The molecule has 1 fully saturated rings. The highest BCUT2D eigenvalue weighted by Gasteiger charge is 2.32. The molecular weight excluding hydrogens is 219 g/mol. The summed E-state index contributed by atoms with van der Waals surface area (Å²) in [6, 6.07) is 6.72. The maximum Gasteiger partial charge on any atom is 0.335 e. The number of hydrogen-bond donors (Lipinski definition) is 1. The Bertz CT molecular complexity index is 408. The van der Waals surface area contributed by atoms with Gasteiger partial charge >= 0.3 is 5.97 Å². The lowest BCUT2D eigenvalue weighted by atomic mass is 9.81. The molecule has 0 heterocycles. The van der Waals surface area contributed by atoms with Crippen LogP contribution >= 0.6 is 0 Å². The third-order valence-electron chi connectivity index (χ3n) is 3.50. The van der Waals surface area contributed by atoms with Crippen molar-refractivity contribution >= 4 is 5.97 Å². The molecule has 1 aromatic carbocycles. The Morgan fingerprint density at radius 1 is 1.24 bits per heavy atom. The molecule has 0 saturated heterocycles. The van der Waals surface area contributed by atoms with Crippen LogP contribution in [0.5, 0.6) is 0 Å². The van der Waals surface area contributed by atoms with Crippen molar-refractivity contribution in [3.05, 3.63) is 35.4 Å². The van der Waals surface area contributed by atoms with Crippen LogP contribution in [-0.2, 0) is 6.42 Å². The molecule has 1 aliphatic rings. The van der Waals surface area contributed by atoms with E-state index in [0.717, 1.165) is 19.3 Å². The highest BCUT2D eigenvalue weighted by molar-refractivity contribution is 5.89. The molecule has 0 atom stereocenters. The minimum absolute atomic E-state index is 0.232. The van der Waals surface area contributed by atoms with E-state index >= 15 is 0 Å². The molecular formula is C14H17FO2. The number of hydrogen-bond acceptors (Lipinski definition) is 1. The molecule has 0 radical (unpaired) electrons. The topological polar surface area (TPSA) is 37.3 Å². The van der Waals surface area contributed by atoms with Crippen molar-refractivity contribution in [1.29, 1.82) is 0 Å². The molecule has 2 rings (SSSR count). The molecule has 1 aromatic rings. The molecule has 1 saturated carbocycles. The van der Waals surface area contributed by atoms with Crippen LogP contribution in [0.25, 0.3) is 0 Å². The van der Waals surface area contributed by atoms with Crippen molar-refractivity contribution in [1.82, 2.24) is 0 Å². The van der Waals surface area contributed by atoms with Gasteiger partial charge in [0.05, 0.1) is 5.56 Å². The van der Waals surface area contributed by atoms with Gasteiger partial charge in [0, 0.05) is 6.42 Å². The number of carboxylic acid groups (broad SMARTS) is 1. The van der Waals surface area contributed by atoms with Crippen molar-refractivity contribution in [3.63, 3.8) is 0 Å². The van der Waals surface area contributed by atoms with E-state index < -0.39 is 11.6 Å².